The molecule has 2 aliphatic heterocycles. The Morgan fingerprint density at radius 1 is 1.16 bits per heavy atom. The maximum Gasteiger partial charge on any atom is 0.275 e. The highest BCUT2D eigenvalue weighted by Crippen LogP contribution is 2.31. The van der Waals surface area contributed by atoms with Gasteiger partial charge in [0.2, 0.25) is 5.91 Å². The summed E-state index contributed by atoms with van der Waals surface area (Å²) in [5.41, 5.74) is 23.3. The number of aliphatic hydroxyl groups excluding tert-OH is 5. The number of amides is 1. The number of hydrogen-bond donors (Lipinski definition) is 10. The van der Waals surface area contributed by atoms with Crippen molar-refractivity contribution < 1.29 is 49.3 Å². The number of rotatable bonds is 10. The number of carbonyl (C=O) groups is 1. The second-order valence-electron chi connectivity index (χ2n) is 9.64. The highest BCUT2D eigenvalue weighted by molar-refractivity contribution is 5.80. The van der Waals surface area contributed by atoms with Gasteiger partial charge in [0.25, 0.3) is 5.95 Å². The van der Waals surface area contributed by atoms with Crippen LogP contribution in [0.15, 0.2) is 12.0 Å². The van der Waals surface area contributed by atoms with Crippen LogP contribution in [0.3, 0.4) is 0 Å². The van der Waals surface area contributed by atoms with E-state index in [-0.39, 0.29) is 38.0 Å². The van der Waals surface area contributed by atoms with E-state index < -0.39 is 79.7 Å². The van der Waals surface area contributed by atoms with Crippen molar-refractivity contribution in [2.45, 2.75) is 98.9 Å². The molecule has 1 amide bonds. The van der Waals surface area contributed by atoms with E-state index in [4.69, 9.17) is 41.9 Å². The van der Waals surface area contributed by atoms with Crippen molar-refractivity contribution in [1.29, 1.82) is 0 Å². The third-order valence-corrected chi connectivity index (χ3v) is 6.91. The van der Waals surface area contributed by atoms with E-state index in [0.29, 0.717) is 12.8 Å². The molecular weight excluding hydrogens is 494 g/mol. The summed E-state index contributed by atoms with van der Waals surface area (Å²) in [5, 5.41) is 54.2. The van der Waals surface area contributed by atoms with Gasteiger partial charge in [-0.25, -0.2) is 0 Å². The number of allylic oxidation sites excluding steroid dienone is 1. The van der Waals surface area contributed by atoms with Crippen molar-refractivity contribution in [3.63, 3.8) is 0 Å². The van der Waals surface area contributed by atoms with Crippen molar-refractivity contribution in [2.75, 3.05) is 19.7 Å². The van der Waals surface area contributed by atoms with Gasteiger partial charge in [0.15, 0.2) is 6.29 Å². The van der Waals surface area contributed by atoms with E-state index in [1.807, 2.05) is 0 Å². The first kappa shape index (κ1) is 29.9. The van der Waals surface area contributed by atoms with Gasteiger partial charge in [-0.15, -0.1) is 0 Å². The minimum atomic E-state index is -1.53. The van der Waals surface area contributed by atoms with Crippen molar-refractivity contribution in [3.8, 4) is 0 Å². The molecule has 2 heterocycles. The monoisotopic (exact) mass is 535 g/mol. The van der Waals surface area contributed by atoms with Gasteiger partial charge in [0.1, 0.15) is 48.8 Å². The first-order chi connectivity index (χ1) is 17.6. The van der Waals surface area contributed by atoms with Crippen LogP contribution >= 0.6 is 0 Å². The summed E-state index contributed by atoms with van der Waals surface area (Å²) in [6.07, 6.45) is -7.88. The Morgan fingerprint density at radius 3 is 2.54 bits per heavy atom. The molecule has 0 radical (unpaired) electrons. The van der Waals surface area contributed by atoms with E-state index >= 15 is 0 Å². The van der Waals surface area contributed by atoms with Crippen LogP contribution in [0.5, 0.6) is 0 Å². The topological polar surface area (TPSA) is 271 Å². The summed E-state index contributed by atoms with van der Waals surface area (Å²) in [7, 11) is 0. The molecule has 14 N–H and O–H groups in total. The number of ether oxygens (including phenoxy) is 4. The van der Waals surface area contributed by atoms with Crippen LogP contribution in [0.1, 0.15) is 25.7 Å². The van der Waals surface area contributed by atoms with Crippen LogP contribution < -0.4 is 28.3 Å². The van der Waals surface area contributed by atoms with Crippen LogP contribution in [-0.4, -0.2) is 124 Å². The van der Waals surface area contributed by atoms with Crippen LogP contribution in [0, 0.1) is 0 Å². The lowest BCUT2D eigenvalue weighted by atomic mass is 9.83. The largest absolute Gasteiger partial charge is 0.461 e. The third kappa shape index (κ3) is 7.07. The summed E-state index contributed by atoms with van der Waals surface area (Å²) >= 11 is 0. The minimum Gasteiger partial charge on any atom is -0.461 e. The SMILES string of the molecule is NCC[C@H](O)C(=O)N[C@@H]1C[C@H](N)C(OC2=CCC[C@@H](CN)O2)C(O)[C@H]1O[C@H]1OC(CO)[C@H](O)[C@H](N)C1O. The Labute approximate surface area is 214 Å². The Balaban J connectivity index is 1.82. The summed E-state index contributed by atoms with van der Waals surface area (Å²) < 4.78 is 23.0. The molecule has 1 aliphatic carbocycles. The van der Waals surface area contributed by atoms with Crippen LogP contribution in [0.4, 0.5) is 0 Å². The van der Waals surface area contributed by atoms with Crippen LogP contribution in [0.2, 0.25) is 0 Å². The average molecular weight is 536 g/mol. The zero-order chi connectivity index (χ0) is 27.3. The van der Waals surface area contributed by atoms with Gasteiger partial charge in [0.05, 0.1) is 18.7 Å². The Morgan fingerprint density at radius 2 is 1.89 bits per heavy atom. The molecule has 0 aromatic heterocycles. The van der Waals surface area contributed by atoms with E-state index in [1.54, 1.807) is 6.08 Å². The van der Waals surface area contributed by atoms with E-state index in [1.165, 1.54) is 0 Å². The lowest BCUT2D eigenvalue weighted by Gasteiger charge is -2.47. The second kappa shape index (κ2) is 13.4. The van der Waals surface area contributed by atoms with Crippen molar-refractivity contribution in [3.05, 3.63) is 12.0 Å². The van der Waals surface area contributed by atoms with E-state index in [2.05, 4.69) is 5.32 Å². The highest BCUT2D eigenvalue weighted by Gasteiger charge is 2.50. The van der Waals surface area contributed by atoms with Gasteiger partial charge in [0, 0.05) is 12.6 Å². The van der Waals surface area contributed by atoms with E-state index in [0.717, 1.165) is 0 Å². The predicted octanol–water partition coefficient (Wildman–Crippen LogP) is -5.21. The lowest BCUT2D eigenvalue weighted by molar-refractivity contribution is -0.306. The molecule has 15 nitrogen and oxygen atoms in total. The first-order valence-corrected chi connectivity index (χ1v) is 12.5. The molecule has 1 saturated heterocycles. The summed E-state index contributed by atoms with van der Waals surface area (Å²) in [6.45, 7) is -0.258. The summed E-state index contributed by atoms with van der Waals surface area (Å²) in [5.74, 6) is -0.599. The molecule has 3 aliphatic rings. The molecule has 0 aromatic rings. The van der Waals surface area contributed by atoms with Crippen LogP contribution in [0.25, 0.3) is 0 Å². The minimum absolute atomic E-state index is 0.00754. The van der Waals surface area contributed by atoms with Gasteiger partial charge in [-0.05, 0) is 38.3 Å². The number of carbonyl (C=O) groups excluding carboxylic acids is 1. The maximum atomic E-state index is 12.5. The molecule has 12 atom stereocenters. The first-order valence-electron chi connectivity index (χ1n) is 12.5. The van der Waals surface area contributed by atoms with Crippen molar-refractivity contribution >= 4 is 5.91 Å². The van der Waals surface area contributed by atoms with Gasteiger partial charge >= 0.3 is 0 Å². The van der Waals surface area contributed by atoms with Gasteiger partial charge in [-0.2, -0.15) is 0 Å². The third-order valence-electron chi connectivity index (χ3n) is 6.91. The zero-order valence-corrected chi connectivity index (χ0v) is 20.5. The standard InChI is InChI=1S/C22H41N5O10/c23-5-4-12(29)21(33)27-11-6-10(25)19(36-14-3-1-2-9(7-24)34-14)18(32)20(11)37-22-17(31)15(26)16(30)13(8-28)35-22/h3,9-13,15-20,22,28-32H,1-2,4-8,23-26H2,(H,27,33)/t9-,10-,11+,12-,13?,15-,16-,17?,18?,19?,20-,22+/m0/s1. The normalized spacial score (nSPS) is 41.3. The summed E-state index contributed by atoms with van der Waals surface area (Å²) in [4.78, 5) is 12.5. The molecule has 0 bridgehead atoms. The van der Waals surface area contributed by atoms with Crippen molar-refractivity contribution in [2.24, 2.45) is 22.9 Å². The number of aliphatic hydroxyl groups is 5. The molecular formula is C22H41N5O10. The predicted molar refractivity (Wildman–Crippen MR) is 127 cm³/mol. The fourth-order valence-electron chi connectivity index (χ4n) is 4.70. The molecule has 4 unspecified atom stereocenters. The Bertz CT molecular complexity index is 776. The highest BCUT2D eigenvalue weighted by atomic mass is 16.7. The molecule has 37 heavy (non-hydrogen) atoms. The van der Waals surface area contributed by atoms with Crippen molar-refractivity contribution in [1.82, 2.24) is 5.32 Å². The lowest BCUT2D eigenvalue weighted by Crippen LogP contribution is -2.68. The molecule has 1 saturated carbocycles. The smallest absolute Gasteiger partial charge is 0.275 e. The molecule has 2 fully saturated rings. The zero-order valence-electron chi connectivity index (χ0n) is 20.5. The molecule has 0 aromatic carbocycles. The molecule has 15 heteroatoms. The number of nitrogens with two attached hydrogens (primary N) is 4. The fourth-order valence-corrected chi connectivity index (χ4v) is 4.70. The second-order valence-corrected chi connectivity index (χ2v) is 9.64. The fraction of sp³-hybridized carbons (Fsp3) is 0.864. The van der Waals surface area contributed by atoms with Gasteiger partial charge in [-0.1, -0.05) is 0 Å². The maximum absolute atomic E-state index is 12.5. The number of nitrogens with one attached hydrogen (secondary N) is 1. The molecule has 0 spiro atoms. The molecule has 3 rings (SSSR count). The van der Waals surface area contributed by atoms with Gasteiger partial charge in [-0.3, -0.25) is 4.79 Å². The number of hydrogen-bond acceptors (Lipinski definition) is 14. The quantitative estimate of drug-likeness (QED) is 0.125. The van der Waals surface area contributed by atoms with Gasteiger partial charge < -0.3 is 72.7 Å². The average Bonchev–Trinajstić information content (AvgIpc) is 2.88. The van der Waals surface area contributed by atoms with E-state index in [9.17, 15) is 30.3 Å². The summed E-state index contributed by atoms with van der Waals surface area (Å²) in [6, 6.07) is -2.98. The van der Waals surface area contributed by atoms with Crippen LogP contribution in [-0.2, 0) is 23.7 Å². The Hall–Kier alpha value is -1.63. The molecule has 214 valence electrons. The Kier molecular flexibility index (Phi) is 10.9.